The highest BCUT2D eigenvalue weighted by Crippen LogP contribution is 2.26. The zero-order valence-corrected chi connectivity index (χ0v) is 12.7. The van der Waals surface area contributed by atoms with Gasteiger partial charge in [0, 0.05) is 5.56 Å². The Morgan fingerprint density at radius 2 is 1.91 bits per heavy atom. The van der Waals surface area contributed by atoms with Crippen LogP contribution in [-0.2, 0) is 6.61 Å². The highest BCUT2D eigenvalue weighted by atomic mass is 35.5. The number of benzene rings is 2. The van der Waals surface area contributed by atoms with Gasteiger partial charge in [-0.25, -0.2) is 0 Å². The number of carbonyl (C=O) groups is 1. The fraction of sp³-hybridized carbons (Fsp3) is 0.0625. The van der Waals surface area contributed by atoms with Crippen molar-refractivity contribution in [3.63, 3.8) is 0 Å². The number of hydrogen-bond donors (Lipinski definition) is 1. The summed E-state index contributed by atoms with van der Waals surface area (Å²) in [6, 6.07) is 13.7. The summed E-state index contributed by atoms with van der Waals surface area (Å²) in [6.45, 7) is 0.129. The van der Waals surface area contributed by atoms with E-state index in [0.29, 0.717) is 33.6 Å². The Labute approximate surface area is 136 Å². The fourth-order valence-corrected chi connectivity index (χ4v) is 2.14. The van der Waals surface area contributed by atoms with E-state index in [2.05, 4.69) is 10.1 Å². The molecule has 2 N–H and O–H groups in total. The Kier molecular flexibility index (Phi) is 4.25. The lowest BCUT2D eigenvalue weighted by Crippen LogP contribution is -2.10. The zero-order valence-electron chi connectivity index (χ0n) is 11.9. The number of hydrogen-bond acceptors (Lipinski definition) is 5. The quantitative estimate of drug-likeness (QED) is 0.776. The van der Waals surface area contributed by atoms with Crippen molar-refractivity contribution < 1.29 is 14.1 Å². The van der Waals surface area contributed by atoms with Crippen LogP contribution in [0, 0.1) is 0 Å². The highest BCUT2D eigenvalue weighted by Gasteiger charge is 2.12. The van der Waals surface area contributed by atoms with Gasteiger partial charge < -0.3 is 15.0 Å². The van der Waals surface area contributed by atoms with Gasteiger partial charge >= 0.3 is 0 Å². The van der Waals surface area contributed by atoms with Crippen LogP contribution in [0.3, 0.4) is 0 Å². The molecule has 3 aromatic rings. The minimum absolute atomic E-state index is 0.129. The molecular formula is C16H12ClN3O3. The number of halogens is 1. The molecule has 0 spiro atoms. The standard InChI is InChI=1S/C16H12ClN3O3/c17-13-4-2-1-3-12(13)16-19-14(20-23-16)9-22-11-7-5-10(6-8-11)15(18)21/h1-8H,9H2,(H2,18,21). The molecule has 0 saturated carbocycles. The number of primary amides is 1. The molecule has 0 saturated heterocycles. The number of carbonyl (C=O) groups excluding carboxylic acids is 1. The van der Waals surface area contributed by atoms with E-state index in [0.717, 1.165) is 0 Å². The van der Waals surface area contributed by atoms with E-state index >= 15 is 0 Å². The first-order chi connectivity index (χ1) is 11.1. The molecule has 1 amide bonds. The third-order valence-corrected chi connectivity index (χ3v) is 3.41. The number of rotatable bonds is 5. The largest absolute Gasteiger partial charge is 0.485 e. The first kappa shape index (κ1) is 15.1. The summed E-state index contributed by atoms with van der Waals surface area (Å²) in [5, 5.41) is 4.38. The van der Waals surface area contributed by atoms with Gasteiger partial charge in [0.05, 0.1) is 10.6 Å². The second-order valence-electron chi connectivity index (χ2n) is 4.67. The predicted octanol–water partition coefficient (Wildman–Crippen LogP) is 3.07. The predicted molar refractivity (Wildman–Crippen MR) is 84.0 cm³/mol. The molecule has 116 valence electrons. The van der Waals surface area contributed by atoms with Gasteiger partial charge in [-0.3, -0.25) is 4.79 Å². The smallest absolute Gasteiger partial charge is 0.259 e. The van der Waals surface area contributed by atoms with E-state index in [9.17, 15) is 4.79 Å². The molecular weight excluding hydrogens is 318 g/mol. The average molecular weight is 330 g/mol. The zero-order chi connectivity index (χ0) is 16.2. The highest BCUT2D eigenvalue weighted by molar-refractivity contribution is 6.33. The molecule has 1 aromatic heterocycles. The molecule has 6 nitrogen and oxygen atoms in total. The lowest BCUT2D eigenvalue weighted by Gasteiger charge is -2.03. The Hall–Kier alpha value is -2.86. The molecule has 3 rings (SSSR count). The van der Waals surface area contributed by atoms with Crippen molar-refractivity contribution in [1.29, 1.82) is 0 Å². The van der Waals surface area contributed by atoms with Crippen LogP contribution in [0.25, 0.3) is 11.5 Å². The minimum atomic E-state index is -0.487. The van der Waals surface area contributed by atoms with Gasteiger partial charge in [-0.2, -0.15) is 4.98 Å². The monoisotopic (exact) mass is 329 g/mol. The van der Waals surface area contributed by atoms with E-state index in [1.165, 1.54) is 0 Å². The maximum atomic E-state index is 11.0. The van der Waals surface area contributed by atoms with Gasteiger partial charge in [0.1, 0.15) is 5.75 Å². The summed E-state index contributed by atoms with van der Waals surface area (Å²) in [5.74, 6) is 0.801. The van der Waals surface area contributed by atoms with E-state index in [4.69, 9.17) is 26.6 Å². The van der Waals surface area contributed by atoms with Crippen LogP contribution >= 0.6 is 11.6 Å². The Morgan fingerprint density at radius 3 is 2.61 bits per heavy atom. The molecule has 7 heteroatoms. The topological polar surface area (TPSA) is 91.2 Å². The Balaban J connectivity index is 1.68. The van der Waals surface area contributed by atoms with Crippen LogP contribution in [-0.4, -0.2) is 16.0 Å². The number of amides is 1. The summed E-state index contributed by atoms with van der Waals surface area (Å²) in [4.78, 5) is 15.2. The Bertz CT molecular complexity index is 831. The van der Waals surface area contributed by atoms with Gasteiger partial charge in [-0.15, -0.1) is 0 Å². The molecule has 0 aliphatic heterocycles. The van der Waals surface area contributed by atoms with Crippen molar-refractivity contribution >= 4 is 17.5 Å². The van der Waals surface area contributed by atoms with E-state index in [1.54, 1.807) is 36.4 Å². The SMILES string of the molecule is NC(=O)c1ccc(OCc2noc(-c3ccccc3Cl)n2)cc1. The minimum Gasteiger partial charge on any atom is -0.485 e. The lowest BCUT2D eigenvalue weighted by atomic mass is 10.2. The summed E-state index contributed by atoms with van der Waals surface area (Å²) in [5.41, 5.74) is 6.26. The van der Waals surface area contributed by atoms with Crippen LogP contribution in [0.1, 0.15) is 16.2 Å². The first-order valence-corrected chi connectivity index (χ1v) is 7.11. The van der Waals surface area contributed by atoms with Crippen LogP contribution in [0.5, 0.6) is 5.75 Å². The van der Waals surface area contributed by atoms with Crippen LogP contribution < -0.4 is 10.5 Å². The summed E-state index contributed by atoms with van der Waals surface area (Å²) >= 11 is 6.08. The molecule has 0 bridgehead atoms. The number of aromatic nitrogens is 2. The third-order valence-electron chi connectivity index (χ3n) is 3.08. The van der Waals surface area contributed by atoms with Gasteiger partial charge in [-0.05, 0) is 36.4 Å². The second-order valence-corrected chi connectivity index (χ2v) is 5.08. The summed E-state index contributed by atoms with van der Waals surface area (Å²) in [6.07, 6.45) is 0. The fourth-order valence-electron chi connectivity index (χ4n) is 1.92. The number of nitrogens with two attached hydrogens (primary N) is 1. The van der Waals surface area contributed by atoms with Gasteiger partial charge in [0.25, 0.3) is 5.89 Å². The normalized spacial score (nSPS) is 10.5. The van der Waals surface area contributed by atoms with Crippen LogP contribution in [0.2, 0.25) is 5.02 Å². The maximum absolute atomic E-state index is 11.0. The average Bonchev–Trinajstić information content (AvgIpc) is 3.02. The Morgan fingerprint density at radius 1 is 1.17 bits per heavy atom. The molecule has 0 atom stereocenters. The van der Waals surface area contributed by atoms with E-state index in [1.807, 2.05) is 12.1 Å². The molecule has 0 radical (unpaired) electrons. The molecule has 0 aliphatic carbocycles. The van der Waals surface area contributed by atoms with Gasteiger partial charge in [-0.1, -0.05) is 28.9 Å². The molecule has 0 fully saturated rings. The molecule has 2 aromatic carbocycles. The van der Waals surface area contributed by atoms with Crippen molar-refractivity contribution in [2.45, 2.75) is 6.61 Å². The summed E-state index contributed by atoms with van der Waals surface area (Å²) < 4.78 is 10.7. The maximum Gasteiger partial charge on any atom is 0.259 e. The van der Waals surface area contributed by atoms with Crippen molar-refractivity contribution in [3.05, 3.63) is 64.9 Å². The van der Waals surface area contributed by atoms with Crippen molar-refractivity contribution in [2.75, 3.05) is 0 Å². The molecule has 0 unspecified atom stereocenters. The third kappa shape index (κ3) is 3.49. The molecule has 23 heavy (non-hydrogen) atoms. The van der Waals surface area contributed by atoms with Crippen molar-refractivity contribution in [1.82, 2.24) is 10.1 Å². The van der Waals surface area contributed by atoms with E-state index in [-0.39, 0.29) is 6.61 Å². The molecule has 1 heterocycles. The van der Waals surface area contributed by atoms with Crippen molar-refractivity contribution in [2.24, 2.45) is 5.73 Å². The number of nitrogens with zero attached hydrogens (tertiary/aromatic N) is 2. The van der Waals surface area contributed by atoms with Crippen molar-refractivity contribution in [3.8, 4) is 17.2 Å². The van der Waals surface area contributed by atoms with Crippen LogP contribution in [0.4, 0.5) is 0 Å². The number of ether oxygens (including phenoxy) is 1. The first-order valence-electron chi connectivity index (χ1n) is 6.73. The molecule has 0 aliphatic rings. The van der Waals surface area contributed by atoms with Crippen LogP contribution in [0.15, 0.2) is 53.1 Å². The van der Waals surface area contributed by atoms with E-state index < -0.39 is 5.91 Å². The summed E-state index contributed by atoms with van der Waals surface area (Å²) in [7, 11) is 0. The van der Waals surface area contributed by atoms with Gasteiger partial charge in [0.2, 0.25) is 11.7 Å². The second kappa shape index (κ2) is 6.50. The van der Waals surface area contributed by atoms with Gasteiger partial charge in [0.15, 0.2) is 6.61 Å². The lowest BCUT2D eigenvalue weighted by molar-refractivity contribution is 0.1000.